The quantitative estimate of drug-likeness (QED) is 0.109. The molecule has 4 N–H and O–H groups in total. The summed E-state index contributed by atoms with van der Waals surface area (Å²) in [4.78, 5) is 68.4. The Hall–Kier alpha value is -4.71. The molecule has 18 heteroatoms. The third-order valence-electron chi connectivity index (χ3n) is 13.3. The molecule has 2 aromatic heterocycles. The minimum Gasteiger partial charge on any atom is -0.491 e. The van der Waals surface area contributed by atoms with Gasteiger partial charge in [-0.1, -0.05) is 38.4 Å². The molecule has 5 fully saturated rings. The maximum atomic E-state index is 14.8. The van der Waals surface area contributed by atoms with Crippen molar-refractivity contribution >= 4 is 62.8 Å². The van der Waals surface area contributed by atoms with E-state index < -0.39 is 58.9 Å². The Morgan fingerprint density at radius 3 is 2.47 bits per heavy atom. The Labute approximate surface area is 382 Å². The number of nitrogens with one attached hydrogen (secondary N) is 3. The number of hydrogen-bond donors (Lipinski definition) is 4. The Balaban J connectivity index is 1.09. The van der Waals surface area contributed by atoms with Gasteiger partial charge in [0.15, 0.2) is 5.13 Å². The van der Waals surface area contributed by atoms with Gasteiger partial charge in [0.2, 0.25) is 11.8 Å². The number of ether oxygens (including phenoxy) is 4. The lowest BCUT2D eigenvalue weighted by molar-refractivity contribution is -0.146. The van der Waals surface area contributed by atoms with Gasteiger partial charge in [-0.25, -0.2) is 19.6 Å². The summed E-state index contributed by atoms with van der Waals surface area (Å²) in [6.07, 6.45) is 4.02. The molecule has 3 amide bonds. The molecule has 3 saturated carbocycles. The fourth-order valence-corrected chi connectivity index (χ4v) is 10.6. The number of nitrogens with zero attached hydrogens (tertiary/aromatic N) is 4. The van der Waals surface area contributed by atoms with Gasteiger partial charge in [-0.3, -0.25) is 14.5 Å². The number of hydrogen-bond acceptors (Lipinski definition) is 13. The number of likely N-dealkylation sites (tertiary alicyclic amines) is 2. The topological polar surface area (TPSA) is 194 Å². The zero-order chi connectivity index (χ0) is 45.7. The predicted octanol–water partition coefficient (Wildman–Crippen LogP) is 6.36. The van der Waals surface area contributed by atoms with E-state index in [4.69, 9.17) is 40.5 Å². The van der Waals surface area contributed by atoms with E-state index in [9.17, 15) is 24.3 Å². The molecule has 3 unspecified atom stereocenters. The Bertz CT molecular complexity index is 2280. The van der Waals surface area contributed by atoms with Gasteiger partial charge in [-0.15, -0.1) is 17.9 Å². The number of carbonyl (C=O) groups is 4. The molecule has 346 valence electrons. The summed E-state index contributed by atoms with van der Waals surface area (Å²) in [5, 5.41) is 22.6. The molecule has 64 heavy (non-hydrogen) atoms. The van der Waals surface area contributed by atoms with Crippen molar-refractivity contribution in [3.05, 3.63) is 41.3 Å². The smallest absolute Gasteiger partial charge is 0.408 e. The predicted molar refractivity (Wildman–Crippen MR) is 243 cm³/mol. The lowest BCUT2D eigenvalue weighted by Crippen LogP contribution is -2.59. The van der Waals surface area contributed by atoms with E-state index in [-0.39, 0.29) is 42.7 Å². The molecule has 8 rings (SSSR count). The highest BCUT2D eigenvalue weighted by Crippen LogP contribution is 2.52. The molecule has 2 aliphatic heterocycles. The van der Waals surface area contributed by atoms with E-state index in [0.29, 0.717) is 63.9 Å². The third-order valence-corrected chi connectivity index (χ3v) is 14.4. The maximum Gasteiger partial charge on any atom is 0.408 e. The molecule has 9 atom stereocenters. The Morgan fingerprint density at radius 2 is 1.81 bits per heavy atom. The second-order valence-electron chi connectivity index (χ2n) is 19.4. The van der Waals surface area contributed by atoms with E-state index in [2.05, 4.69) is 27.4 Å². The molecular weight excluding hydrogens is 862 g/mol. The first-order valence-corrected chi connectivity index (χ1v) is 23.6. The standard InChI is InChI=1S/C46H60ClN7O9S/c1-8-27-20-46(27,42(57)58)52-40(55)34-18-30(22-54(34)41(56)39(45(4,5)6)51-44(59)63-29-16-25-15-26(25)17-29)62-36-19-32(33-23-64-43(50-33)48-24(2)3)49-38-31(36)9-10-35(37(38)47)61-14-13-53-12-11-28(21-53)60-7/h8-10,19,23-30,34,39H,1,11-18,20-22H2,2-7H3,(H,48,50)(H,51,59)(H,52,55)(H,57,58)/t25-,26+,27-,28?,29?,30-,34+,39-,46?/m1/s1. The summed E-state index contributed by atoms with van der Waals surface area (Å²) < 4.78 is 24.4. The third kappa shape index (κ3) is 9.77. The number of pyridine rings is 1. The number of amides is 3. The molecule has 3 aliphatic carbocycles. The highest BCUT2D eigenvalue weighted by Gasteiger charge is 2.61. The van der Waals surface area contributed by atoms with Crippen LogP contribution < -0.4 is 25.4 Å². The first-order chi connectivity index (χ1) is 30.5. The number of halogens is 1. The van der Waals surface area contributed by atoms with Gasteiger partial charge in [0.1, 0.15) is 58.7 Å². The van der Waals surface area contributed by atoms with Gasteiger partial charge >= 0.3 is 12.1 Å². The summed E-state index contributed by atoms with van der Waals surface area (Å²) >= 11 is 8.56. The molecule has 0 spiro atoms. The minimum absolute atomic E-state index is 0.0197. The molecular formula is C46H60ClN7O9S. The lowest BCUT2D eigenvalue weighted by Gasteiger charge is -2.35. The number of carbonyl (C=O) groups excluding carboxylic acids is 3. The van der Waals surface area contributed by atoms with E-state index in [1.807, 2.05) is 46.1 Å². The number of thiazole rings is 1. The van der Waals surface area contributed by atoms with Crippen LogP contribution in [0.15, 0.2) is 36.2 Å². The number of carboxylic acids is 1. The van der Waals surface area contributed by atoms with Crippen molar-refractivity contribution in [1.82, 2.24) is 30.4 Å². The van der Waals surface area contributed by atoms with Gasteiger partial charge < -0.3 is 44.9 Å². The van der Waals surface area contributed by atoms with Crippen LogP contribution in [-0.2, 0) is 23.9 Å². The van der Waals surface area contributed by atoms with Crippen LogP contribution in [0.2, 0.25) is 5.02 Å². The number of benzene rings is 1. The molecule has 4 heterocycles. The fraction of sp³-hybridized carbons (Fsp3) is 0.609. The summed E-state index contributed by atoms with van der Waals surface area (Å²) in [6, 6.07) is 3.30. The number of rotatable bonds is 17. The second-order valence-corrected chi connectivity index (χ2v) is 20.6. The minimum atomic E-state index is -1.54. The number of methoxy groups -OCH3 is 1. The van der Waals surface area contributed by atoms with Crippen molar-refractivity contribution in [2.45, 2.75) is 115 Å². The van der Waals surface area contributed by atoms with E-state index in [1.54, 1.807) is 19.2 Å². The van der Waals surface area contributed by atoms with Crippen molar-refractivity contribution in [1.29, 1.82) is 0 Å². The Kier molecular flexibility index (Phi) is 13.1. The second kappa shape index (κ2) is 18.3. The number of aromatic nitrogens is 2. The molecule has 2 saturated heterocycles. The highest BCUT2D eigenvalue weighted by molar-refractivity contribution is 7.14. The number of fused-ring (bicyclic) bond motifs is 2. The lowest BCUT2D eigenvalue weighted by atomic mass is 9.85. The van der Waals surface area contributed by atoms with Crippen molar-refractivity contribution in [3.8, 4) is 22.9 Å². The first kappa shape index (κ1) is 45.8. The number of carboxylic acid groups (broad SMARTS) is 1. The number of alkyl carbamates (subject to hydrolysis) is 1. The van der Waals surface area contributed by atoms with Crippen LogP contribution in [0.4, 0.5) is 9.93 Å². The zero-order valence-electron chi connectivity index (χ0n) is 37.4. The van der Waals surface area contributed by atoms with Gasteiger partial charge in [-0.05, 0) is 75.3 Å². The molecule has 0 bridgehead atoms. The summed E-state index contributed by atoms with van der Waals surface area (Å²) in [5.74, 6) is -0.789. The van der Waals surface area contributed by atoms with E-state index >= 15 is 0 Å². The van der Waals surface area contributed by atoms with Crippen LogP contribution >= 0.6 is 22.9 Å². The van der Waals surface area contributed by atoms with Crippen LogP contribution in [0.3, 0.4) is 0 Å². The van der Waals surface area contributed by atoms with Gasteiger partial charge in [0.25, 0.3) is 0 Å². The summed E-state index contributed by atoms with van der Waals surface area (Å²) in [5.41, 5.74) is -0.845. The average Bonchev–Trinajstić information content (AvgIpc) is 3.72. The SMILES string of the molecule is C=C[C@@H]1CC1(NC(=O)[C@@H]1C[C@@H](Oc2cc(-c3csc(NC(C)C)n3)nc3c(Cl)c(OCCN4CCC(OC)C4)ccc23)CN1C(=O)[C@@H](NC(=O)OC1C[C@@H]2C[C@@H]2C1)C(C)(C)C)C(=O)O. The molecule has 0 radical (unpaired) electrons. The van der Waals surface area contributed by atoms with Crippen LogP contribution in [0.1, 0.15) is 73.1 Å². The van der Waals surface area contributed by atoms with Crippen molar-refractivity contribution in [3.63, 3.8) is 0 Å². The zero-order valence-corrected chi connectivity index (χ0v) is 38.9. The molecule has 16 nitrogen and oxygen atoms in total. The molecule has 1 aromatic carbocycles. The number of aliphatic carboxylic acids is 1. The summed E-state index contributed by atoms with van der Waals surface area (Å²) in [6.45, 7) is 16.1. The van der Waals surface area contributed by atoms with Crippen LogP contribution in [0.25, 0.3) is 22.3 Å². The Morgan fingerprint density at radius 1 is 1.05 bits per heavy atom. The van der Waals surface area contributed by atoms with Gasteiger partial charge in [-0.2, -0.15) is 0 Å². The van der Waals surface area contributed by atoms with Crippen LogP contribution in [-0.4, -0.2) is 131 Å². The fourth-order valence-electron chi connectivity index (χ4n) is 9.48. The highest BCUT2D eigenvalue weighted by atomic mass is 35.5. The van der Waals surface area contributed by atoms with Crippen molar-refractivity contribution in [2.24, 2.45) is 23.2 Å². The summed E-state index contributed by atoms with van der Waals surface area (Å²) in [7, 11) is 1.73. The van der Waals surface area contributed by atoms with Crippen LogP contribution in [0, 0.1) is 23.2 Å². The maximum absolute atomic E-state index is 14.8. The van der Waals surface area contributed by atoms with Gasteiger partial charge in [0.05, 0.1) is 23.9 Å². The molecule has 3 aromatic rings. The van der Waals surface area contributed by atoms with Gasteiger partial charge in [0, 0.05) is 62.0 Å². The monoisotopic (exact) mass is 921 g/mol. The number of anilines is 1. The van der Waals surface area contributed by atoms with Crippen molar-refractivity contribution < 1.29 is 43.2 Å². The largest absolute Gasteiger partial charge is 0.491 e. The molecule has 5 aliphatic rings. The van der Waals surface area contributed by atoms with Crippen LogP contribution in [0.5, 0.6) is 11.5 Å². The van der Waals surface area contributed by atoms with E-state index in [0.717, 1.165) is 32.4 Å². The normalized spacial score (nSPS) is 27.8. The average molecular weight is 923 g/mol. The van der Waals surface area contributed by atoms with E-state index in [1.165, 1.54) is 28.7 Å². The van der Waals surface area contributed by atoms with Crippen molar-refractivity contribution in [2.75, 3.05) is 45.2 Å². The first-order valence-electron chi connectivity index (χ1n) is 22.3.